The topological polar surface area (TPSA) is 17.3 Å². The Kier molecular flexibility index (Phi) is 5.11. The van der Waals surface area contributed by atoms with E-state index in [-0.39, 0.29) is 5.41 Å². The van der Waals surface area contributed by atoms with E-state index in [1.807, 2.05) is 0 Å². The van der Waals surface area contributed by atoms with Crippen molar-refractivity contribution in [1.29, 1.82) is 0 Å². The second-order valence-corrected chi connectivity index (χ2v) is 12.0. The molecule has 8 rings (SSSR count). The minimum absolute atomic E-state index is 0.0216. The number of pyridine rings is 1. The van der Waals surface area contributed by atoms with Gasteiger partial charge in [-0.1, -0.05) is 142 Å². The fourth-order valence-electron chi connectivity index (χ4n) is 6.52. The van der Waals surface area contributed by atoms with Gasteiger partial charge in [0.1, 0.15) is 5.65 Å². The van der Waals surface area contributed by atoms with Gasteiger partial charge in [-0.2, -0.15) is 0 Å². The second kappa shape index (κ2) is 8.78. The molecule has 2 heteroatoms. The van der Waals surface area contributed by atoms with Gasteiger partial charge in [-0.15, -0.1) is 0 Å². The summed E-state index contributed by atoms with van der Waals surface area (Å²) in [5.41, 5.74) is 9.33. The molecule has 6 aromatic carbocycles. The summed E-state index contributed by atoms with van der Waals surface area (Å²) in [7, 11) is 0. The third kappa shape index (κ3) is 3.54. The summed E-state index contributed by atoms with van der Waals surface area (Å²) < 4.78 is 2.45. The lowest BCUT2D eigenvalue weighted by Gasteiger charge is -2.22. The van der Waals surface area contributed by atoms with Gasteiger partial charge in [-0.3, -0.25) is 4.40 Å². The molecule has 0 amide bonds. The molecule has 0 bridgehead atoms. The van der Waals surface area contributed by atoms with Gasteiger partial charge in [0.15, 0.2) is 0 Å². The standard InChI is InChI=1S/C39H30N2/c1-39(2,3)27-22-23-32-33(24-27)34(25-14-6-4-7-15-25)36(26-16-8-5-9-17-26)41-37-31-21-13-11-19-29(31)28-18-10-12-20-30(28)35(37)40-38(32)41/h4-24H,1-3H3. The molecule has 0 saturated heterocycles. The van der Waals surface area contributed by atoms with E-state index in [1.54, 1.807) is 0 Å². The molecule has 8 aromatic rings. The van der Waals surface area contributed by atoms with Gasteiger partial charge in [0.05, 0.1) is 16.7 Å². The molecule has 0 aliphatic heterocycles. The Morgan fingerprint density at radius 1 is 0.512 bits per heavy atom. The van der Waals surface area contributed by atoms with Gasteiger partial charge in [0.2, 0.25) is 0 Å². The molecule has 41 heavy (non-hydrogen) atoms. The summed E-state index contributed by atoms with van der Waals surface area (Å²) in [5.74, 6) is 0. The molecule has 0 aliphatic carbocycles. The number of fused-ring (bicyclic) bond motifs is 10. The Balaban J connectivity index is 1.73. The average Bonchev–Trinajstić information content (AvgIpc) is 3.42. The number of nitrogens with zero attached hydrogens (tertiary/aromatic N) is 2. The first-order chi connectivity index (χ1) is 20.0. The monoisotopic (exact) mass is 526 g/mol. The number of hydrogen-bond donors (Lipinski definition) is 0. The van der Waals surface area contributed by atoms with Gasteiger partial charge >= 0.3 is 0 Å². The van der Waals surface area contributed by atoms with Crippen molar-refractivity contribution in [3.63, 3.8) is 0 Å². The number of hydrogen-bond acceptors (Lipinski definition) is 1. The predicted molar refractivity (Wildman–Crippen MR) is 175 cm³/mol. The average molecular weight is 527 g/mol. The van der Waals surface area contributed by atoms with Crippen LogP contribution in [0.4, 0.5) is 0 Å². The maximum atomic E-state index is 5.50. The van der Waals surface area contributed by atoms with E-state index >= 15 is 0 Å². The van der Waals surface area contributed by atoms with Crippen LogP contribution in [0.15, 0.2) is 127 Å². The zero-order chi connectivity index (χ0) is 27.7. The van der Waals surface area contributed by atoms with Crippen molar-refractivity contribution in [3.8, 4) is 22.4 Å². The van der Waals surface area contributed by atoms with Crippen LogP contribution < -0.4 is 0 Å². The van der Waals surface area contributed by atoms with Crippen LogP contribution in [0.3, 0.4) is 0 Å². The Morgan fingerprint density at radius 2 is 1.07 bits per heavy atom. The first-order valence-electron chi connectivity index (χ1n) is 14.3. The number of rotatable bonds is 2. The Bertz CT molecular complexity index is 2270. The van der Waals surface area contributed by atoms with E-state index < -0.39 is 0 Å². The molecule has 0 fully saturated rings. The first-order valence-corrected chi connectivity index (χ1v) is 14.3. The third-order valence-electron chi connectivity index (χ3n) is 8.50. The van der Waals surface area contributed by atoms with Crippen LogP contribution in [-0.4, -0.2) is 9.38 Å². The van der Waals surface area contributed by atoms with Gasteiger partial charge in [0, 0.05) is 21.7 Å². The molecule has 2 aromatic heterocycles. The molecule has 0 saturated carbocycles. The molecule has 196 valence electrons. The van der Waals surface area contributed by atoms with Gasteiger partial charge < -0.3 is 0 Å². The summed E-state index contributed by atoms with van der Waals surface area (Å²) in [6, 6.07) is 46.2. The zero-order valence-corrected chi connectivity index (χ0v) is 23.5. The van der Waals surface area contributed by atoms with Gasteiger partial charge in [0.25, 0.3) is 0 Å². The van der Waals surface area contributed by atoms with E-state index in [0.717, 1.165) is 16.7 Å². The van der Waals surface area contributed by atoms with E-state index in [1.165, 1.54) is 60.3 Å². The van der Waals surface area contributed by atoms with Crippen molar-refractivity contribution in [2.45, 2.75) is 26.2 Å². The normalized spacial score (nSPS) is 12.3. The van der Waals surface area contributed by atoms with Gasteiger partial charge in [-0.25, -0.2) is 4.98 Å². The Morgan fingerprint density at radius 3 is 1.73 bits per heavy atom. The third-order valence-corrected chi connectivity index (χ3v) is 8.50. The first kappa shape index (κ1) is 23.9. The molecule has 0 spiro atoms. The van der Waals surface area contributed by atoms with Crippen molar-refractivity contribution in [2.75, 3.05) is 0 Å². The molecule has 2 heterocycles. The quantitative estimate of drug-likeness (QED) is 0.205. The second-order valence-electron chi connectivity index (χ2n) is 12.0. The lowest BCUT2D eigenvalue weighted by Crippen LogP contribution is -2.11. The number of benzene rings is 6. The summed E-state index contributed by atoms with van der Waals surface area (Å²) in [5, 5.41) is 7.30. The molecule has 0 N–H and O–H groups in total. The number of imidazole rings is 1. The van der Waals surface area contributed by atoms with Crippen molar-refractivity contribution in [3.05, 3.63) is 133 Å². The number of aromatic nitrogens is 2. The minimum atomic E-state index is 0.0216. The SMILES string of the molecule is CC(C)(C)c1ccc2c(c1)c(-c1ccccc1)c(-c1ccccc1)n1c2nc2c3ccccc3c3ccccc3c21. The van der Waals surface area contributed by atoms with Gasteiger partial charge in [-0.05, 0) is 44.3 Å². The van der Waals surface area contributed by atoms with Crippen molar-refractivity contribution >= 4 is 49.0 Å². The highest BCUT2D eigenvalue weighted by molar-refractivity contribution is 6.25. The summed E-state index contributed by atoms with van der Waals surface area (Å²) in [6.45, 7) is 6.86. The molecule has 0 atom stereocenters. The van der Waals surface area contributed by atoms with E-state index in [2.05, 4.69) is 153 Å². The fraction of sp³-hybridized carbons (Fsp3) is 0.103. The highest BCUT2D eigenvalue weighted by atomic mass is 15.0. The molecule has 0 unspecified atom stereocenters. The van der Waals surface area contributed by atoms with E-state index in [4.69, 9.17) is 4.98 Å². The largest absolute Gasteiger partial charge is 0.290 e. The lowest BCUT2D eigenvalue weighted by molar-refractivity contribution is 0.591. The van der Waals surface area contributed by atoms with Crippen molar-refractivity contribution in [1.82, 2.24) is 9.38 Å². The smallest absolute Gasteiger partial charge is 0.146 e. The summed E-state index contributed by atoms with van der Waals surface area (Å²) in [6.07, 6.45) is 0. The van der Waals surface area contributed by atoms with Crippen LogP contribution in [0.2, 0.25) is 0 Å². The van der Waals surface area contributed by atoms with Crippen LogP contribution in [0.5, 0.6) is 0 Å². The van der Waals surface area contributed by atoms with Crippen LogP contribution in [-0.2, 0) is 5.41 Å². The van der Waals surface area contributed by atoms with Crippen molar-refractivity contribution < 1.29 is 0 Å². The molecular formula is C39H30N2. The highest BCUT2D eigenvalue weighted by Gasteiger charge is 2.24. The predicted octanol–water partition coefficient (Wildman–Crippen LogP) is 10.6. The lowest BCUT2D eigenvalue weighted by atomic mass is 9.84. The van der Waals surface area contributed by atoms with Crippen LogP contribution in [0.1, 0.15) is 26.3 Å². The van der Waals surface area contributed by atoms with Crippen molar-refractivity contribution in [2.24, 2.45) is 0 Å². The maximum absolute atomic E-state index is 5.50. The maximum Gasteiger partial charge on any atom is 0.146 e. The highest BCUT2D eigenvalue weighted by Crippen LogP contribution is 2.45. The molecule has 0 aliphatic rings. The van der Waals surface area contributed by atoms with Crippen LogP contribution in [0.25, 0.3) is 71.4 Å². The molecular weight excluding hydrogens is 496 g/mol. The zero-order valence-electron chi connectivity index (χ0n) is 23.5. The fourth-order valence-corrected chi connectivity index (χ4v) is 6.52. The summed E-state index contributed by atoms with van der Waals surface area (Å²) >= 11 is 0. The Labute approximate surface area is 239 Å². The summed E-state index contributed by atoms with van der Waals surface area (Å²) in [4.78, 5) is 5.50. The minimum Gasteiger partial charge on any atom is -0.290 e. The van der Waals surface area contributed by atoms with E-state index in [9.17, 15) is 0 Å². The Hall–Kier alpha value is -4.95. The van der Waals surface area contributed by atoms with Crippen LogP contribution >= 0.6 is 0 Å². The van der Waals surface area contributed by atoms with E-state index in [0.29, 0.717) is 0 Å². The molecule has 2 nitrogen and oxygen atoms in total. The molecule has 0 radical (unpaired) electrons. The van der Waals surface area contributed by atoms with Crippen LogP contribution in [0, 0.1) is 0 Å².